The van der Waals surface area contributed by atoms with Gasteiger partial charge >= 0.3 is 0 Å². The zero-order chi connectivity index (χ0) is 17.1. The molecule has 2 aromatic heterocycles. The quantitative estimate of drug-likeness (QED) is 0.822. The first-order valence-electron chi connectivity index (χ1n) is 8.49. The number of piperidine rings is 1. The Hall–Kier alpha value is -1.69. The summed E-state index contributed by atoms with van der Waals surface area (Å²) in [5, 5.41) is 0. The van der Waals surface area contributed by atoms with Gasteiger partial charge in [-0.3, -0.25) is 4.79 Å². The van der Waals surface area contributed by atoms with E-state index in [-0.39, 0.29) is 5.91 Å². The number of thioether (sulfide) groups is 1. The molecule has 6 heteroatoms. The van der Waals surface area contributed by atoms with Crippen LogP contribution < -0.4 is 0 Å². The van der Waals surface area contributed by atoms with Crippen LogP contribution in [0.3, 0.4) is 0 Å². The average molecular weight is 347 g/mol. The molecular formula is C18H25N3O2S. The lowest BCUT2D eigenvalue weighted by atomic mass is 9.96. The zero-order valence-corrected chi connectivity index (χ0v) is 15.4. The molecule has 2 aromatic rings. The average Bonchev–Trinajstić information content (AvgIpc) is 3.24. The van der Waals surface area contributed by atoms with Crippen molar-refractivity contribution >= 4 is 17.7 Å². The molecule has 0 saturated carbocycles. The molecule has 24 heavy (non-hydrogen) atoms. The third kappa shape index (κ3) is 3.53. The number of carbonyl (C=O) groups is 1. The monoisotopic (exact) mass is 347 g/mol. The fourth-order valence-corrected chi connectivity index (χ4v) is 3.76. The third-order valence-corrected chi connectivity index (χ3v) is 5.06. The van der Waals surface area contributed by atoms with E-state index >= 15 is 0 Å². The highest BCUT2D eigenvalue weighted by molar-refractivity contribution is 7.97. The van der Waals surface area contributed by atoms with Gasteiger partial charge in [0, 0.05) is 37.4 Å². The first kappa shape index (κ1) is 17.1. The number of hydrogen-bond donors (Lipinski definition) is 0. The summed E-state index contributed by atoms with van der Waals surface area (Å²) in [6, 6.07) is 4.08. The van der Waals surface area contributed by atoms with Crippen LogP contribution in [0.1, 0.15) is 60.8 Å². The van der Waals surface area contributed by atoms with Gasteiger partial charge in [-0.05, 0) is 45.1 Å². The van der Waals surface area contributed by atoms with E-state index < -0.39 is 0 Å². The predicted octanol–water partition coefficient (Wildman–Crippen LogP) is 3.94. The molecule has 0 bridgehead atoms. The Morgan fingerprint density at radius 1 is 1.46 bits per heavy atom. The standard InChI is InChI=1S/C18H25N3O2S/c1-13(2)21-10-8-19-17(21)14-5-4-9-20(11-14)18(22)16-7-6-15(23-16)12-24-3/h6-8,10,13-14H,4-5,9,11-12H2,1-3H3. The molecule has 0 spiro atoms. The number of amides is 1. The number of hydrogen-bond acceptors (Lipinski definition) is 4. The van der Waals surface area contributed by atoms with Gasteiger partial charge in [0.15, 0.2) is 5.76 Å². The lowest BCUT2D eigenvalue weighted by Gasteiger charge is -2.32. The molecule has 1 amide bonds. The highest BCUT2D eigenvalue weighted by Crippen LogP contribution is 2.28. The third-order valence-electron chi connectivity index (χ3n) is 4.49. The predicted molar refractivity (Wildman–Crippen MR) is 96.4 cm³/mol. The molecule has 1 unspecified atom stereocenters. The number of nitrogens with zero attached hydrogens (tertiary/aromatic N) is 3. The highest BCUT2D eigenvalue weighted by atomic mass is 32.2. The van der Waals surface area contributed by atoms with Gasteiger partial charge in [-0.1, -0.05) is 0 Å². The second-order valence-corrected chi connectivity index (χ2v) is 7.44. The Balaban J connectivity index is 1.72. The lowest BCUT2D eigenvalue weighted by molar-refractivity contribution is 0.0669. The molecule has 0 radical (unpaired) electrons. The molecule has 3 rings (SSSR count). The Morgan fingerprint density at radius 3 is 3.04 bits per heavy atom. The van der Waals surface area contributed by atoms with Crippen LogP contribution in [-0.2, 0) is 5.75 Å². The molecular weight excluding hydrogens is 322 g/mol. The van der Waals surface area contributed by atoms with Gasteiger partial charge in [0.05, 0.1) is 5.75 Å². The lowest BCUT2D eigenvalue weighted by Crippen LogP contribution is -2.39. The van der Waals surface area contributed by atoms with Gasteiger partial charge in [0.2, 0.25) is 0 Å². The number of carbonyl (C=O) groups excluding carboxylic acids is 1. The summed E-state index contributed by atoms with van der Waals surface area (Å²) in [5.41, 5.74) is 0. The second-order valence-electron chi connectivity index (χ2n) is 6.58. The topological polar surface area (TPSA) is 51.3 Å². The summed E-state index contributed by atoms with van der Waals surface area (Å²) in [4.78, 5) is 19.2. The van der Waals surface area contributed by atoms with Crippen molar-refractivity contribution in [2.45, 2.75) is 44.4 Å². The summed E-state index contributed by atoms with van der Waals surface area (Å²) in [6.45, 7) is 5.82. The minimum absolute atomic E-state index is 0.00490. The molecule has 0 aliphatic carbocycles. The van der Waals surface area contributed by atoms with Crippen LogP contribution in [-0.4, -0.2) is 39.7 Å². The molecule has 1 atom stereocenters. The van der Waals surface area contributed by atoms with Crippen LogP contribution >= 0.6 is 11.8 Å². The van der Waals surface area contributed by atoms with Crippen molar-refractivity contribution in [1.82, 2.24) is 14.5 Å². The Labute approximate surface area is 147 Å². The maximum atomic E-state index is 12.7. The fourth-order valence-electron chi connectivity index (χ4n) is 3.32. The highest BCUT2D eigenvalue weighted by Gasteiger charge is 2.29. The van der Waals surface area contributed by atoms with E-state index in [1.165, 1.54) is 0 Å². The Morgan fingerprint density at radius 2 is 2.29 bits per heavy atom. The van der Waals surface area contributed by atoms with E-state index in [1.54, 1.807) is 17.8 Å². The summed E-state index contributed by atoms with van der Waals surface area (Å²) in [6.07, 6.45) is 7.98. The van der Waals surface area contributed by atoms with Gasteiger partial charge in [-0.2, -0.15) is 11.8 Å². The van der Waals surface area contributed by atoms with Crippen molar-refractivity contribution in [3.8, 4) is 0 Å². The number of rotatable bonds is 5. The molecule has 1 aliphatic rings. The molecule has 0 N–H and O–H groups in total. The summed E-state index contributed by atoms with van der Waals surface area (Å²) in [5.74, 6) is 3.48. The van der Waals surface area contributed by atoms with Crippen LogP contribution in [0.15, 0.2) is 28.9 Å². The van der Waals surface area contributed by atoms with E-state index in [0.717, 1.165) is 36.7 Å². The van der Waals surface area contributed by atoms with Crippen molar-refractivity contribution in [3.63, 3.8) is 0 Å². The summed E-state index contributed by atoms with van der Waals surface area (Å²) in [7, 11) is 0. The minimum Gasteiger partial charge on any atom is -0.455 e. The normalized spacial score (nSPS) is 18.3. The summed E-state index contributed by atoms with van der Waals surface area (Å²) >= 11 is 1.69. The molecule has 0 aromatic carbocycles. The molecule has 5 nitrogen and oxygen atoms in total. The van der Waals surface area contributed by atoms with Crippen LogP contribution in [0.25, 0.3) is 0 Å². The smallest absolute Gasteiger partial charge is 0.289 e. The van der Waals surface area contributed by atoms with Crippen LogP contribution in [0.5, 0.6) is 0 Å². The number of furan rings is 1. The Kier molecular flexibility index (Phi) is 5.33. The molecule has 1 fully saturated rings. The van der Waals surface area contributed by atoms with Crippen molar-refractivity contribution in [1.29, 1.82) is 0 Å². The van der Waals surface area contributed by atoms with Gasteiger partial charge in [-0.15, -0.1) is 0 Å². The Bertz CT molecular complexity index is 692. The van der Waals surface area contributed by atoms with Crippen LogP contribution in [0.2, 0.25) is 0 Å². The van der Waals surface area contributed by atoms with E-state index in [4.69, 9.17) is 4.42 Å². The number of aromatic nitrogens is 2. The van der Waals surface area contributed by atoms with Gasteiger partial charge in [0.25, 0.3) is 5.91 Å². The molecule has 1 saturated heterocycles. The maximum Gasteiger partial charge on any atom is 0.289 e. The first-order chi connectivity index (χ1) is 11.6. The van der Waals surface area contributed by atoms with Crippen molar-refractivity contribution < 1.29 is 9.21 Å². The number of likely N-dealkylation sites (tertiary alicyclic amines) is 1. The van der Waals surface area contributed by atoms with Gasteiger partial charge in [-0.25, -0.2) is 4.98 Å². The fraction of sp³-hybridized carbons (Fsp3) is 0.556. The van der Waals surface area contributed by atoms with E-state index in [9.17, 15) is 4.79 Å². The van der Waals surface area contributed by atoms with Crippen LogP contribution in [0.4, 0.5) is 0 Å². The molecule has 130 valence electrons. The SMILES string of the molecule is CSCc1ccc(C(=O)N2CCCC(c3nccn3C(C)C)C2)o1. The zero-order valence-electron chi connectivity index (χ0n) is 14.6. The minimum atomic E-state index is -0.00490. The largest absolute Gasteiger partial charge is 0.455 e. The van der Waals surface area contributed by atoms with Crippen molar-refractivity contribution in [3.05, 3.63) is 41.9 Å². The molecule has 1 aliphatic heterocycles. The van der Waals surface area contributed by atoms with E-state index in [2.05, 4.69) is 23.4 Å². The maximum absolute atomic E-state index is 12.7. The van der Waals surface area contributed by atoms with E-state index in [0.29, 0.717) is 24.3 Å². The van der Waals surface area contributed by atoms with E-state index in [1.807, 2.05) is 29.6 Å². The first-order valence-corrected chi connectivity index (χ1v) is 9.89. The van der Waals surface area contributed by atoms with Gasteiger partial charge < -0.3 is 13.9 Å². The number of imidazole rings is 1. The van der Waals surface area contributed by atoms with Crippen LogP contribution in [0, 0.1) is 0 Å². The summed E-state index contributed by atoms with van der Waals surface area (Å²) < 4.78 is 7.90. The molecule has 3 heterocycles. The second kappa shape index (κ2) is 7.47. The van der Waals surface area contributed by atoms with Crippen molar-refractivity contribution in [2.24, 2.45) is 0 Å². The van der Waals surface area contributed by atoms with Crippen molar-refractivity contribution in [2.75, 3.05) is 19.3 Å². The van der Waals surface area contributed by atoms with Gasteiger partial charge in [0.1, 0.15) is 11.6 Å².